The molecule has 0 unspecified atom stereocenters. The van der Waals surface area contributed by atoms with Gasteiger partial charge >= 0.3 is 0 Å². The molecule has 1 nitrogen and oxygen atoms in total. The number of halogens is 1. The van der Waals surface area contributed by atoms with Crippen molar-refractivity contribution in [2.75, 3.05) is 19.3 Å². The fourth-order valence-corrected chi connectivity index (χ4v) is 4.75. The number of benzene rings is 2. The summed E-state index contributed by atoms with van der Waals surface area (Å²) >= 11 is 8.38. The van der Waals surface area contributed by atoms with Crippen molar-refractivity contribution < 1.29 is 0 Å². The Labute approximate surface area is 141 Å². The largest absolute Gasteiger partial charge is 0.295 e. The Kier molecular flexibility index (Phi) is 3.93. The Balaban J connectivity index is 1.80. The Morgan fingerprint density at radius 2 is 1.95 bits per heavy atom. The Bertz CT molecular complexity index is 682. The van der Waals surface area contributed by atoms with Gasteiger partial charge in [-0.05, 0) is 60.5 Å². The summed E-state index contributed by atoms with van der Waals surface area (Å²) in [5.41, 5.74) is 4.23. The van der Waals surface area contributed by atoms with Crippen LogP contribution in [0.5, 0.6) is 0 Å². The molecule has 2 aromatic rings. The quantitative estimate of drug-likeness (QED) is 0.684. The van der Waals surface area contributed by atoms with E-state index < -0.39 is 0 Å². The molecule has 0 amide bonds. The Morgan fingerprint density at radius 1 is 1.14 bits per heavy atom. The molecule has 3 heteroatoms. The highest BCUT2D eigenvalue weighted by molar-refractivity contribution is 7.98. The van der Waals surface area contributed by atoms with Crippen molar-refractivity contribution in [3.05, 3.63) is 64.2 Å². The summed E-state index contributed by atoms with van der Waals surface area (Å²) in [6, 6.07) is 16.0. The number of nitrogens with zero attached hydrogens (tertiary/aromatic N) is 1. The number of hydrogen-bond donors (Lipinski definition) is 0. The molecular formula is C19H20ClNS. The first-order valence-electron chi connectivity index (χ1n) is 7.94. The molecule has 0 saturated carbocycles. The van der Waals surface area contributed by atoms with E-state index in [1.807, 2.05) is 0 Å². The molecule has 2 atom stereocenters. The van der Waals surface area contributed by atoms with Crippen molar-refractivity contribution in [3.63, 3.8) is 0 Å². The molecule has 0 aliphatic carbocycles. The maximum atomic E-state index is 6.58. The topological polar surface area (TPSA) is 3.24 Å². The monoisotopic (exact) mass is 329 g/mol. The summed E-state index contributed by atoms with van der Waals surface area (Å²) in [6.45, 7) is 2.32. The van der Waals surface area contributed by atoms with Crippen molar-refractivity contribution in [3.8, 4) is 0 Å². The van der Waals surface area contributed by atoms with Crippen molar-refractivity contribution in [1.82, 2.24) is 4.90 Å². The summed E-state index contributed by atoms with van der Waals surface area (Å²) in [5.74, 6) is 0.443. The second-order valence-electron chi connectivity index (χ2n) is 6.22. The van der Waals surface area contributed by atoms with E-state index in [1.165, 1.54) is 41.0 Å². The fourth-order valence-electron chi connectivity index (χ4n) is 4.03. The summed E-state index contributed by atoms with van der Waals surface area (Å²) in [6.07, 6.45) is 4.65. The van der Waals surface area contributed by atoms with Crippen LogP contribution < -0.4 is 0 Å². The van der Waals surface area contributed by atoms with Crippen LogP contribution >= 0.6 is 23.4 Å². The standard InChI is InChI=1S/C19H20ClNS/c1-22-14-9-7-13(8-10-14)16-12-21-11-3-6-18(21)19-15(16)4-2-5-17(19)20/h2,4-5,7-10,16,18H,3,6,11-12H2,1H3/t16-,18+/m0/s1. The van der Waals surface area contributed by atoms with Crippen LogP contribution in [0.4, 0.5) is 0 Å². The Morgan fingerprint density at radius 3 is 2.73 bits per heavy atom. The van der Waals surface area contributed by atoms with Gasteiger partial charge in [0.25, 0.3) is 0 Å². The van der Waals surface area contributed by atoms with E-state index in [1.54, 1.807) is 11.8 Å². The molecular weight excluding hydrogens is 310 g/mol. The van der Waals surface area contributed by atoms with Crippen LogP contribution in [0.1, 0.15) is 41.5 Å². The SMILES string of the molecule is CSc1ccc([C@@H]2CN3CCC[C@@H]3c3c(Cl)cccc32)cc1. The van der Waals surface area contributed by atoms with Gasteiger partial charge in [0.15, 0.2) is 0 Å². The van der Waals surface area contributed by atoms with Crippen LogP contribution in [0.25, 0.3) is 0 Å². The zero-order chi connectivity index (χ0) is 15.1. The molecule has 22 heavy (non-hydrogen) atoms. The van der Waals surface area contributed by atoms with E-state index in [0.717, 1.165) is 11.6 Å². The van der Waals surface area contributed by atoms with E-state index >= 15 is 0 Å². The van der Waals surface area contributed by atoms with Crippen LogP contribution in [0.3, 0.4) is 0 Å². The van der Waals surface area contributed by atoms with Crippen molar-refractivity contribution in [1.29, 1.82) is 0 Å². The van der Waals surface area contributed by atoms with Gasteiger partial charge in [0.05, 0.1) is 0 Å². The Hall–Kier alpha value is -0.960. The second kappa shape index (κ2) is 5.92. The van der Waals surface area contributed by atoms with Gasteiger partial charge in [0.1, 0.15) is 0 Å². The maximum absolute atomic E-state index is 6.58. The maximum Gasteiger partial charge on any atom is 0.0456 e. The average Bonchev–Trinajstić information content (AvgIpc) is 3.02. The molecule has 114 valence electrons. The molecule has 4 rings (SSSR count). The first-order valence-corrected chi connectivity index (χ1v) is 9.54. The summed E-state index contributed by atoms with van der Waals surface area (Å²) < 4.78 is 0. The van der Waals surface area contributed by atoms with E-state index in [4.69, 9.17) is 11.6 Å². The van der Waals surface area contributed by atoms with E-state index in [-0.39, 0.29) is 0 Å². The minimum absolute atomic E-state index is 0.443. The number of hydrogen-bond acceptors (Lipinski definition) is 2. The fraction of sp³-hybridized carbons (Fsp3) is 0.368. The molecule has 0 N–H and O–H groups in total. The molecule has 2 aliphatic rings. The highest BCUT2D eigenvalue weighted by atomic mass is 35.5. The van der Waals surface area contributed by atoms with Gasteiger partial charge in [0.2, 0.25) is 0 Å². The van der Waals surface area contributed by atoms with Gasteiger partial charge in [-0.15, -0.1) is 11.8 Å². The van der Waals surface area contributed by atoms with Crippen molar-refractivity contribution >= 4 is 23.4 Å². The molecule has 2 heterocycles. The summed E-state index contributed by atoms with van der Waals surface area (Å²) in [7, 11) is 0. The molecule has 2 aromatic carbocycles. The zero-order valence-corrected chi connectivity index (χ0v) is 14.3. The molecule has 0 aromatic heterocycles. The third-order valence-corrected chi connectivity index (χ3v) is 6.17. The van der Waals surface area contributed by atoms with E-state index in [2.05, 4.69) is 53.6 Å². The van der Waals surface area contributed by atoms with Gasteiger partial charge in [-0.3, -0.25) is 4.90 Å². The highest BCUT2D eigenvalue weighted by Gasteiger charge is 2.37. The second-order valence-corrected chi connectivity index (χ2v) is 7.51. The lowest BCUT2D eigenvalue weighted by Crippen LogP contribution is -2.34. The van der Waals surface area contributed by atoms with E-state index in [0.29, 0.717) is 12.0 Å². The summed E-state index contributed by atoms with van der Waals surface area (Å²) in [5, 5.41) is 0.944. The molecule has 1 saturated heterocycles. The van der Waals surface area contributed by atoms with Gasteiger partial charge in [-0.25, -0.2) is 0 Å². The lowest BCUT2D eigenvalue weighted by atomic mass is 9.81. The first kappa shape index (κ1) is 14.6. The molecule has 0 spiro atoms. The molecule has 0 bridgehead atoms. The van der Waals surface area contributed by atoms with Crippen LogP contribution in [0.2, 0.25) is 5.02 Å². The zero-order valence-electron chi connectivity index (χ0n) is 12.8. The van der Waals surface area contributed by atoms with Gasteiger partial charge in [0, 0.05) is 28.4 Å². The molecule has 2 aliphatic heterocycles. The minimum atomic E-state index is 0.443. The lowest BCUT2D eigenvalue weighted by molar-refractivity contribution is 0.230. The molecule has 1 fully saturated rings. The van der Waals surface area contributed by atoms with Crippen LogP contribution in [-0.2, 0) is 0 Å². The minimum Gasteiger partial charge on any atom is -0.295 e. The van der Waals surface area contributed by atoms with Crippen LogP contribution in [0.15, 0.2) is 47.4 Å². The van der Waals surface area contributed by atoms with Gasteiger partial charge in [-0.1, -0.05) is 35.9 Å². The third-order valence-electron chi connectivity index (χ3n) is 5.09. The highest BCUT2D eigenvalue weighted by Crippen LogP contribution is 2.46. The van der Waals surface area contributed by atoms with Crippen LogP contribution in [0, 0.1) is 0 Å². The first-order chi connectivity index (χ1) is 10.8. The smallest absolute Gasteiger partial charge is 0.0456 e. The van der Waals surface area contributed by atoms with Crippen molar-refractivity contribution in [2.45, 2.75) is 29.7 Å². The normalized spacial score (nSPS) is 24.1. The predicted octanol–water partition coefficient (Wildman–Crippen LogP) is 5.34. The predicted molar refractivity (Wildman–Crippen MR) is 95.1 cm³/mol. The van der Waals surface area contributed by atoms with Gasteiger partial charge < -0.3 is 0 Å². The number of thioether (sulfide) groups is 1. The average molecular weight is 330 g/mol. The molecule has 0 radical (unpaired) electrons. The van der Waals surface area contributed by atoms with Crippen LogP contribution in [-0.4, -0.2) is 24.2 Å². The van der Waals surface area contributed by atoms with Crippen molar-refractivity contribution in [2.24, 2.45) is 0 Å². The third kappa shape index (κ3) is 2.38. The summed E-state index contributed by atoms with van der Waals surface area (Å²) in [4.78, 5) is 3.95. The number of rotatable bonds is 2. The lowest BCUT2D eigenvalue weighted by Gasteiger charge is -2.38. The number of fused-ring (bicyclic) bond motifs is 3. The van der Waals surface area contributed by atoms with E-state index in [9.17, 15) is 0 Å². The van der Waals surface area contributed by atoms with Gasteiger partial charge in [-0.2, -0.15) is 0 Å².